The van der Waals surface area contributed by atoms with Gasteiger partial charge in [0.2, 0.25) is 0 Å². The minimum atomic E-state index is -0.182. The molecule has 0 bridgehead atoms. The van der Waals surface area contributed by atoms with E-state index >= 15 is 0 Å². The quantitative estimate of drug-likeness (QED) is 0.894. The SMILES string of the molecule is CSCCC(O)Cc1cc(Br)cs1. The number of rotatable bonds is 5. The van der Waals surface area contributed by atoms with Crippen molar-refractivity contribution in [2.75, 3.05) is 12.0 Å². The lowest BCUT2D eigenvalue weighted by Gasteiger charge is -2.07. The van der Waals surface area contributed by atoms with E-state index in [9.17, 15) is 5.11 Å². The average Bonchev–Trinajstić information content (AvgIpc) is 2.48. The van der Waals surface area contributed by atoms with Crippen LogP contribution in [0.25, 0.3) is 0 Å². The summed E-state index contributed by atoms with van der Waals surface area (Å²) in [6.45, 7) is 0. The number of hydrogen-bond donors (Lipinski definition) is 1. The molecule has 0 aliphatic carbocycles. The first kappa shape index (κ1) is 11.6. The van der Waals surface area contributed by atoms with E-state index in [2.05, 4.69) is 33.6 Å². The van der Waals surface area contributed by atoms with E-state index in [1.165, 1.54) is 4.88 Å². The predicted octanol–water partition coefficient (Wildman–Crippen LogP) is 3.17. The molecule has 0 aliphatic rings. The van der Waals surface area contributed by atoms with Crippen molar-refractivity contribution >= 4 is 39.0 Å². The molecule has 1 nitrogen and oxygen atoms in total. The van der Waals surface area contributed by atoms with E-state index in [0.29, 0.717) is 0 Å². The van der Waals surface area contributed by atoms with E-state index in [1.54, 1.807) is 23.1 Å². The van der Waals surface area contributed by atoms with Crippen molar-refractivity contribution in [3.63, 3.8) is 0 Å². The van der Waals surface area contributed by atoms with Crippen LogP contribution in [-0.2, 0) is 6.42 Å². The van der Waals surface area contributed by atoms with E-state index in [-0.39, 0.29) is 6.10 Å². The standard InChI is InChI=1S/C9H13BrOS2/c1-12-3-2-8(11)5-9-4-7(10)6-13-9/h4,6,8,11H,2-3,5H2,1H3. The Kier molecular flexibility index (Phi) is 5.39. The zero-order chi connectivity index (χ0) is 9.68. The Labute approximate surface area is 95.7 Å². The highest BCUT2D eigenvalue weighted by Gasteiger charge is 2.06. The largest absolute Gasteiger partial charge is 0.393 e. The number of thioether (sulfide) groups is 1. The zero-order valence-corrected chi connectivity index (χ0v) is 10.7. The minimum Gasteiger partial charge on any atom is -0.393 e. The zero-order valence-electron chi connectivity index (χ0n) is 7.50. The molecule has 0 fully saturated rings. The molecule has 1 aromatic rings. The fraction of sp³-hybridized carbons (Fsp3) is 0.556. The van der Waals surface area contributed by atoms with Gasteiger partial charge in [-0.2, -0.15) is 11.8 Å². The number of hydrogen-bond acceptors (Lipinski definition) is 3. The normalized spacial score (nSPS) is 13.2. The topological polar surface area (TPSA) is 20.2 Å². The van der Waals surface area contributed by atoms with Crippen molar-refractivity contribution in [3.8, 4) is 0 Å². The number of aliphatic hydroxyl groups is 1. The van der Waals surface area contributed by atoms with Gasteiger partial charge in [-0.15, -0.1) is 11.3 Å². The second-order valence-corrected chi connectivity index (χ2v) is 5.77. The number of aliphatic hydroxyl groups excluding tert-OH is 1. The van der Waals surface area contributed by atoms with Gasteiger partial charge in [0, 0.05) is 21.2 Å². The summed E-state index contributed by atoms with van der Waals surface area (Å²) in [5, 5.41) is 11.7. The Bertz CT molecular complexity index is 250. The van der Waals surface area contributed by atoms with Crippen molar-refractivity contribution in [2.45, 2.75) is 18.9 Å². The van der Waals surface area contributed by atoms with Gasteiger partial charge in [0.15, 0.2) is 0 Å². The number of thiophene rings is 1. The molecule has 0 aliphatic heterocycles. The first-order valence-electron chi connectivity index (χ1n) is 4.12. The average molecular weight is 281 g/mol. The van der Waals surface area contributed by atoms with Crippen LogP contribution in [0.3, 0.4) is 0 Å². The van der Waals surface area contributed by atoms with Crippen molar-refractivity contribution in [1.29, 1.82) is 0 Å². The molecule has 1 N–H and O–H groups in total. The molecule has 0 radical (unpaired) electrons. The van der Waals surface area contributed by atoms with Crippen LogP contribution in [0.4, 0.5) is 0 Å². The van der Waals surface area contributed by atoms with Crippen LogP contribution in [-0.4, -0.2) is 23.2 Å². The Morgan fingerprint density at radius 2 is 2.46 bits per heavy atom. The fourth-order valence-corrected chi connectivity index (χ4v) is 3.08. The Balaban J connectivity index is 2.31. The molecular weight excluding hydrogens is 268 g/mol. The molecule has 1 heterocycles. The van der Waals surface area contributed by atoms with E-state index < -0.39 is 0 Å². The van der Waals surface area contributed by atoms with E-state index in [4.69, 9.17) is 0 Å². The highest BCUT2D eigenvalue weighted by molar-refractivity contribution is 9.10. The van der Waals surface area contributed by atoms with Gasteiger partial charge in [-0.25, -0.2) is 0 Å². The molecule has 0 aromatic carbocycles. The fourth-order valence-electron chi connectivity index (χ4n) is 1.05. The van der Waals surface area contributed by atoms with Crippen molar-refractivity contribution in [2.24, 2.45) is 0 Å². The summed E-state index contributed by atoms with van der Waals surface area (Å²) in [5.74, 6) is 1.04. The van der Waals surface area contributed by atoms with Gasteiger partial charge in [0.1, 0.15) is 0 Å². The van der Waals surface area contributed by atoms with E-state index in [1.807, 2.05) is 0 Å². The highest BCUT2D eigenvalue weighted by atomic mass is 79.9. The summed E-state index contributed by atoms with van der Waals surface area (Å²) in [6, 6.07) is 2.08. The summed E-state index contributed by atoms with van der Waals surface area (Å²) < 4.78 is 1.12. The third-order valence-corrected chi connectivity index (χ3v) is 4.08. The Morgan fingerprint density at radius 3 is 3.00 bits per heavy atom. The Hall–Kier alpha value is 0.490. The second kappa shape index (κ2) is 6.06. The molecule has 4 heteroatoms. The first-order valence-corrected chi connectivity index (χ1v) is 7.19. The van der Waals surface area contributed by atoms with Crippen LogP contribution in [0.2, 0.25) is 0 Å². The van der Waals surface area contributed by atoms with Gasteiger partial charge in [-0.1, -0.05) is 0 Å². The maximum absolute atomic E-state index is 9.62. The summed E-state index contributed by atoms with van der Waals surface area (Å²) >= 11 is 6.88. The number of halogens is 1. The van der Waals surface area contributed by atoms with Crippen LogP contribution in [0.15, 0.2) is 15.9 Å². The van der Waals surface area contributed by atoms with Gasteiger partial charge in [0.25, 0.3) is 0 Å². The van der Waals surface area contributed by atoms with Crippen LogP contribution >= 0.6 is 39.0 Å². The molecule has 1 aromatic heterocycles. The first-order chi connectivity index (χ1) is 6.22. The van der Waals surface area contributed by atoms with Crippen LogP contribution in [0.5, 0.6) is 0 Å². The van der Waals surface area contributed by atoms with Crippen molar-refractivity contribution in [3.05, 3.63) is 20.8 Å². The van der Waals surface area contributed by atoms with Gasteiger partial charge in [-0.05, 0) is 40.4 Å². The smallest absolute Gasteiger partial charge is 0.0596 e. The molecule has 1 unspecified atom stereocenters. The summed E-state index contributed by atoms with van der Waals surface area (Å²) in [5.41, 5.74) is 0. The minimum absolute atomic E-state index is 0.182. The third-order valence-electron chi connectivity index (χ3n) is 1.71. The maximum atomic E-state index is 9.62. The summed E-state index contributed by atoms with van der Waals surface area (Å²) in [6.07, 6.45) is 3.56. The van der Waals surface area contributed by atoms with Crippen molar-refractivity contribution in [1.82, 2.24) is 0 Å². The lowest BCUT2D eigenvalue weighted by atomic mass is 10.2. The lowest BCUT2D eigenvalue weighted by Crippen LogP contribution is -2.10. The molecule has 0 amide bonds. The molecule has 1 rings (SSSR count). The molecule has 1 atom stereocenters. The summed E-state index contributed by atoms with van der Waals surface area (Å²) in [4.78, 5) is 1.25. The van der Waals surface area contributed by atoms with Gasteiger partial charge in [0.05, 0.1) is 6.10 Å². The molecule has 0 saturated heterocycles. The second-order valence-electron chi connectivity index (χ2n) is 2.87. The van der Waals surface area contributed by atoms with Crippen LogP contribution in [0.1, 0.15) is 11.3 Å². The molecule has 0 spiro atoms. The summed E-state index contributed by atoms with van der Waals surface area (Å²) in [7, 11) is 0. The maximum Gasteiger partial charge on any atom is 0.0596 e. The van der Waals surface area contributed by atoms with Crippen molar-refractivity contribution < 1.29 is 5.11 Å². The van der Waals surface area contributed by atoms with Crippen LogP contribution < -0.4 is 0 Å². The molecule has 0 saturated carbocycles. The van der Waals surface area contributed by atoms with Gasteiger partial charge >= 0.3 is 0 Å². The predicted molar refractivity (Wildman–Crippen MR) is 64.7 cm³/mol. The van der Waals surface area contributed by atoms with E-state index in [0.717, 1.165) is 23.1 Å². The molecular formula is C9H13BrOS2. The molecule has 74 valence electrons. The highest BCUT2D eigenvalue weighted by Crippen LogP contribution is 2.21. The van der Waals surface area contributed by atoms with Gasteiger partial charge < -0.3 is 5.11 Å². The monoisotopic (exact) mass is 280 g/mol. The van der Waals surface area contributed by atoms with Crippen LogP contribution in [0, 0.1) is 0 Å². The Morgan fingerprint density at radius 1 is 1.69 bits per heavy atom. The molecule has 13 heavy (non-hydrogen) atoms. The van der Waals surface area contributed by atoms with Gasteiger partial charge in [-0.3, -0.25) is 0 Å². The third kappa shape index (κ3) is 4.49. The lowest BCUT2D eigenvalue weighted by molar-refractivity contribution is 0.173.